The van der Waals surface area contributed by atoms with Crippen LogP contribution in [0, 0.1) is 5.92 Å². The number of benzene rings is 1. The topological polar surface area (TPSA) is 17.1 Å². The van der Waals surface area contributed by atoms with Gasteiger partial charge in [-0.15, -0.1) is 0 Å². The van der Waals surface area contributed by atoms with Crippen molar-refractivity contribution in [2.24, 2.45) is 5.92 Å². The monoisotopic (exact) mass is 250 g/mol. The molecule has 0 heterocycles. The first-order valence-corrected chi connectivity index (χ1v) is 6.76. The Morgan fingerprint density at radius 2 is 1.88 bits per heavy atom. The summed E-state index contributed by atoms with van der Waals surface area (Å²) in [5, 5.41) is -0.226. The van der Waals surface area contributed by atoms with E-state index in [9.17, 15) is 4.79 Å². The Labute approximate surface area is 108 Å². The number of hydrogen-bond acceptors (Lipinski definition) is 1. The molecule has 1 atom stereocenters. The molecular weight excluding hydrogens is 232 g/mol. The summed E-state index contributed by atoms with van der Waals surface area (Å²) < 4.78 is 0. The molecule has 1 nitrogen and oxygen atoms in total. The molecular formula is C15H19ClO. The van der Waals surface area contributed by atoms with Crippen LogP contribution >= 0.6 is 11.6 Å². The van der Waals surface area contributed by atoms with Gasteiger partial charge < -0.3 is 0 Å². The van der Waals surface area contributed by atoms with Gasteiger partial charge in [0.2, 0.25) is 5.24 Å². The molecule has 0 amide bonds. The van der Waals surface area contributed by atoms with Crippen LogP contribution in [0.25, 0.3) is 0 Å². The van der Waals surface area contributed by atoms with Crippen molar-refractivity contribution in [2.75, 3.05) is 0 Å². The van der Waals surface area contributed by atoms with Crippen molar-refractivity contribution in [3.8, 4) is 0 Å². The fourth-order valence-electron chi connectivity index (χ4n) is 2.91. The Morgan fingerprint density at radius 3 is 2.41 bits per heavy atom. The van der Waals surface area contributed by atoms with Gasteiger partial charge in [-0.25, -0.2) is 0 Å². The van der Waals surface area contributed by atoms with Crippen molar-refractivity contribution in [1.82, 2.24) is 0 Å². The quantitative estimate of drug-likeness (QED) is 0.729. The lowest BCUT2D eigenvalue weighted by molar-refractivity contribution is -0.116. The molecule has 1 aromatic carbocycles. The highest BCUT2D eigenvalue weighted by Crippen LogP contribution is 2.39. The lowest BCUT2D eigenvalue weighted by Crippen LogP contribution is -2.31. The fourth-order valence-corrected chi connectivity index (χ4v) is 3.10. The second-order valence-corrected chi connectivity index (χ2v) is 5.67. The van der Waals surface area contributed by atoms with E-state index in [4.69, 9.17) is 11.6 Å². The molecule has 1 aliphatic carbocycles. The highest BCUT2D eigenvalue weighted by atomic mass is 35.5. The first kappa shape index (κ1) is 12.6. The standard InChI is InChI=1S/C15H19ClO/c1-15(14(16)17,11-12-7-5-6-8-12)13-9-3-2-4-10-13/h2-4,9-10,12H,5-8,11H2,1H3. The van der Waals surface area contributed by atoms with Gasteiger partial charge in [-0.3, -0.25) is 4.79 Å². The number of carbonyl (C=O) groups excluding carboxylic acids is 1. The summed E-state index contributed by atoms with van der Waals surface area (Å²) in [6, 6.07) is 9.94. The lowest BCUT2D eigenvalue weighted by Gasteiger charge is -2.29. The van der Waals surface area contributed by atoms with Crippen LogP contribution in [-0.4, -0.2) is 5.24 Å². The van der Waals surface area contributed by atoms with Gasteiger partial charge in [0, 0.05) is 0 Å². The summed E-state index contributed by atoms with van der Waals surface area (Å²) in [6.45, 7) is 1.98. The molecule has 1 fully saturated rings. The van der Waals surface area contributed by atoms with Crippen molar-refractivity contribution >= 4 is 16.8 Å². The minimum absolute atomic E-state index is 0.226. The van der Waals surface area contributed by atoms with E-state index >= 15 is 0 Å². The van der Waals surface area contributed by atoms with Crippen molar-refractivity contribution in [3.63, 3.8) is 0 Å². The molecule has 0 radical (unpaired) electrons. The largest absolute Gasteiger partial charge is 0.280 e. The molecule has 92 valence electrons. The highest BCUT2D eigenvalue weighted by Gasteiger charge is 2.36. The van der Waals surface area contributed by atoms with Crippen LogP contribution in [0.4, 0.5) is 0 Å². The maximum Gasteiger partial charge on any atom is 0.231 e. The average Bonchev–Trinajstić information content (AvgIpc) is 2.82. The fraction of sp³-hybridized carbons (Fsp3) is 0.533. The van der Waals surface area contributed by atoms with Crippen LogP contribution in [-0.2, 0) is 10.2 Å². The van der Waals surface area contributed by atoms with E-state index in [0.29, 0.717) is 5.92 Å². The Balaban J connectivity index is 2.23. The lowest BCUT2D eigenvalue weighted by atomic mass is 9.76. The Bertz CT molecular complexity index is 381. The normalized spacial score (nSPS) is 20.1. The molecule has 0 N–H and O–H groups in total. The maximum atomic E-state index is 11.8. The number of rotatable bonds is 4. The van der Waals surface area contributed by atoms with E-state index in [1.165, 1.54) is 25.7 Å². The van der Waals surface area contributed by atoms with Gasteiger partial charge in [-0.1, -0.05) is 56.0 Å². The molecule has 1 saturated carbocycles. The van der Waals surface area contributed by atoms with E-state index in [-0.39, 0.29) is 5.24 Å². The highest BCUT2D eigenvalue weighted by molar-refractivity contribution is 6.65. The molecule has 1 unspecified atom stereocenters. The van der Waals surface area contributed by atoms with Crippen molar-refractivity contribution < 1.29 is 4.79 Å². The number of halogens is 1. The van der Waals surface area contributed by atoms with Gasteiger partial charge in [-0.2, -0.15) is 0 Å². The summed E-state index contributed by atoms with van der Waals surface area (Å²) in [6.07, 6.45) is 5.97. The van der Waals surface area contributed by atoms with Crippen molar-refractivity contribution in [3.05, 3.63) is 35.9 Å². The second-order valence-electron chi connectivity index (χ2n) is 5.33. The molecule has 0 saturated heterocycles. The third-order valence-electron chi connectivity index (χ3n) is 4.02. The van der Waals surface area contributed by atoms with Gasteiger partial charge in [0.25, 0.3) is 0 Å². The van der Waals surface area contributed by atoms with Crippen LogP contribution < -0.4 is 0 Å². The molecule has 1 aromatic rings. The van der Waals surface area contributed by atoms with E-state index in [2.05, 4.69) is 0 Å². The van der Waals surface area contributed by atoms with Crippen molar-refractivity contribution in [1.29, 1.82) is 0 Å². The van der Waals surface area contributed by atoms with Crippen LogP contribution in [0.15, 0.2) is 30.3 Å². The third kappa shape index (κ3) is 2.71. The molecule has 0 spiro atoms. The molecule has 2 rings (SSSR count). The SMILES string of the molecule is CC(CC1CCCC1)(C(=O)Cl)c1ccccc1. The minimum atomic E-state index is -0.516. The van der Waals surface area contributed by atoms with E-state index in [0.717, 1.165) is 12.0 Å². The summed E-state index contributed by atoms with van der Waals surface area (Å²) >= 11 is 5.86. The second kappa shape index (κ2) is 5.22. The average molecular weight is 251 g/mol. The first-order valence-electron chi connectivity index (χ1n) is 6.38. The predicted molar refractivity (Wildman–Crippen MR) is 71.2 cm³/mol. The Morgan fingerprint density at radius 1 is 1.29 bits per heavy atom. The smallest absolute Gasteiger partial charge is 0.231 e. The zero-order valence-electron chi connectivity index (χ0n) is 10.3. The third-order valence-corrected chi connectivity index (χ3v) is 4.43. The molecule has 2 heteroatoms. The Kier molecular flexibility index (Phi) is 3.88. The molecule has 0 aliphatic heterocycles. The van der Waals surface area contributed by atoms with Gasteiger partial charge in [-0.05, 0) is 36.4 Å². The zero-order valence-corrected chi connectivity index (χ0v) is 11.0. The number of carbonyl (C=O) groups is 1. The number of hydrogen-bond donors (Lipinski definition) is 0. The van der Waals surface area contributed by atoms with E-state index in [1.54, 1.807) is 0 Å². The minimum Gasteiger partial charge on any atom is -0.280 e. The zero-order chi connectivity index (χ0) is 12.3. The van der Waals surface area contributed by atoms with E-state index in [1.807, 2.05) is 37.3 Å². The van der Waals surface area contributed by atoms with Crippen LogP contribution in [0.3, 0.4) is 0 Å². The molecule has 0 bridgehead atoms. The summed E-state index contributed by atoms with van der Waals surface area (Å²) in [5.74, 6) is 0.655. The molecule has 0 aromatic heterocycles. The summed E-state index contributed by atoms with van der Waals surface area (Å²) in [7, 11) is 0. The van der Waals surface area contributed by atoms with Crippen LogP contribution in [0.2, 0.25) is 0 Å². The van der Waals surface area contributed by atoms with Gasteiger partial charge in [0.15, 0.2) is 0 Å². The molecule has 1 aliphatic rings. The van der Waals surface area contributed by atoms with Crippen LogP contribution in [0.5, 0.6) is 0 Å². The van der Waals surface area contributed by atoms with Gasteiger partial charge in [0.05, 0.1) is 5.41 Å². The molecule has 17 heavy (non-hydrogen) atoms. The van der Waals surface area contributed by atoms with E-state index < -0.39 is 5.41 Å². The first-order chi connectivity index (χ1) is 8.13. The van der Waals surface area contributed by atoms with Gasteiger partial charge in [0.1, 0.15) is 0 Å². The predicted octanol–water partition coefficient (Wildman–Crippen LogP) is 4.29. The van der Waals surface area contributed by atoms with Crippen LogP contribution in [0.1, 0.15) is 44.6 Å². The van der Waals surface area contributed by atoms with Crippen molar-refractivity contribution in [2.45, 2.75) is 44.4 Å². The summed E-state index contributed by atoms with van der Waals surface area (Å²) in [4.78, 5) is 11.8. The summed E-state index contributed by atoms with van der Waals surface area (Å²) in [5.41, 5.74) is 0.532. The maximum absolute atomic E-state index is 11.8. The van der Waals surface area contributed by atoms with Gasteiger partial charge >= 0.3 is 0 Å². The Hall–Kier alpha value is -0.820.